The average molecular weight is 282 g/mol. The number of esters is 1. The molecule has 1 saturated heterocycles. The summed E-state index contributed by atoms with van der Waals surface area (Å²) in [7, 11) is 0. The fraction of sp³-hybridized carbons (Fsp3) is 0.812. The summed E-state index contributed by atoms with van der Waals surface area (Å²) < 4.78 is 5.20. The highest BCUT2D eigenvalue weighted by atomic mass is 16.6. The molecule has 20 heavy (non-hydrogen) atoms. The maximum Gasteiger partial charge on any atom is 0.306 e. The van der Waals surface area contributed by atoms with E-state index >= 15 is 0 Å². The molecule has 1 saturated carbocycles. The maximum absolute atomic E-state index is 11.3. The lowest BCUT2D eigenvalue weighted by Crippen LogP contribution is -2.20. The second kappa shape index (κ2) is 6.72. The molecule has 0 unspecified atom stereocenters. The summed E-state index contributed by atoms with van der Waals surface area (Å²) in [6.07, 6.45) is 6.76. The van der Waals surface area contributed by atoms with Gasteiger partial charge in [0.25, 0.3) is 0 Å². The number of rotatable bonds is 6. The Balaban J connectivity index is 1.91. The van der Waals surface area contributed by atoms with Gasteiger partial charge in [-0.1, -0.05) is 38.8 Å². The van der Waals surface area contributed by atoms with Gasteiger partial charge in [-0.15, -0.1) is 0 Å². The third-order valence-electron chi connectivity index (χ3n) is 4.70. The highest BCUT2D eigenvalue weighted by Crippen LogP contribution is 2.42. The predicted molar refractivity (Wildman–Crippen MR) is 75.9 cm³/mol. The second-order valence-corrected chi connectivity index (χ2v) is 6.27. The molecule has 4 nitrogen and oxygen atoms in total. The molecule has 4 heteroatoms. The number of aliphatic hydroxyl groups is 2. The topological polar surface area (TPSA) is 66.8 Å². The van der Waals surface area contributed by atoms with E-state index in [1.807, 2.05) is 13.0 Å². The van der Waals surface area contributed by atoms with Gasteiger partial charge in [-0.3, -0.25) is 4.79 Å². The summed E-state index contributed by atoms with van der Waals surface area (Å²) in [4.78, 5) is 11.3. The van der Waals surface area contributed by atoms with Crippen LogP contribution in [0.3, 0.4) is 0 Å². The van der Waals surface area contributed by atoms with Gasteiger partial charge in [-0.25, -0.2) is 0 Å². The van der Waals surface area contributed by atoms with Crippen LogP contribution >= 0.6 is 0 Å². The molecule has 2 rings (SSSR count). The maximum atomic E-state index is 11.3. The molecular formula is C16H26O4. The van der Waals surface area contributed by atoms with E-state index in [0.29, 0.717) is 12.8 Å². The number of aliphatic hydroxyl groups excluding tert-OH is 2. The Morgan fingerprint density at radius 2 is 2.25 bits per heavy atom. The zero-order valence-corrected chi connectivity index (χ0v) is 12.4. The van der Waals surface area contributed by atoms with Crippen LogP contribution in [0.25, 0.3) is 0 Å². The number of hydrogen-bond donors (Lipinski definition) is 2. The highest BCUT2D eigenvalue weighted by molar-refractivity contribution is 5.72. The molecule has 0 aromatic heterocycles. The monoisotopic (exact) mass is 282 g/mol. The van der Waals surface area contributed by atoms with E-state index in [1.54, 1.807) is 6.08 Å². The van der Waals surface area contributed by atoms with Gasteiger partial charge < -0.3 is 14.9 Å². The number of carbonyl (C=O) groups excluding carboxylic acids is 1. The summed E-state index contributed by atoms with van der Waals surface area (Å²) >= 11 is 0. The Morgan fingerprint density at radius 3 is 2.95 bits per heavy atom. The van der Waals surface area contributed by atoms with Crippen molar-refractivity contribution >= 4 is 5.97 Å². The van der Waals surface area contributed by atoms with Gasteiger partial charge in [0.1, 0.15) is 6.10 Å². The van der Waals surface area contributed by atoms with Crippen LogP contribution in [-0.2, 0) is 9.53 Å². The number of carbonyl (C=O) groups is 1. The van der Waals surface area contributed by atoms with Crippen molar-refractivity contribution in [1.29, 1.82) is 0 Å². The fourth-order valence-corrected chi connectivity index (χ4v) is 3.32. The highest BCUT2D eigenvalue weighted by Gasteiger charge is 2.48. The first-order valence-corrected chi connectivity index (χ1v) is 7.76. The van der Waals surface area contributed by atoms with Gasteiger partial charge in [0, 0.05) is 18.3 Å². The lowest BCUT2D eigenvalue weighted by atomic mass is 9.90. The SMILES string of the molecule is CCCC[C@H](C)[C@H](O)C=C[C@@H]1[C@H]2CC(=O)O[C@H]2C[C@H]1O. The zero-order chi connectivity index (χ0) is 14.7. The van der Waals surface area contributed by atoms with E-state index < -0.39 is 12.2 Å². The molecule has 0 spiro atoms. The average Bonchev–Trinajstić information content (AvgIpc) is 2.88. The third-order valence-corrected chi connectivity index (χ3v) is 4.70. The Bertz CT molecular complexity index is 365. The van der Waals surface area contributed by atoms with Gasteiger partial charge >= 0.3 is 5.97 Å². The fourth-order valence-electron chi connectivity index (χ4n) is 3.32. The molecule has 2 N–H and O–H groups in total. The first-order valence-electron chi connectivity index (χ1n) is 7.76. The molecule has 0 bridgehead atoms. The number of fused-ring (bicyclic) bond motifs is 1. The van der Waals surface area contributed by atoms with Crippen molar-refractivity contribution in [2.45, 2.75) is 64.3 Å². The Morgan fingerprint density at radius 1 is 1.50 bits per heavy atom. The molecule has 0 aromatic carbocycles. The number of unbranched alkanes of at least 4 members (excludes halogenated alkanes) is 1. The first-order chi connectivity index (χ1) is 9.52. The van der Waals surface area contributed by atoms with E-state index in [0.717, 1.165) is 19.3 Å². The molecule has 2 aliphatic rings. The van der Waals surface area contributed by atoms with Crippen molar-refractivity contribution in [3.05, 3.63) is 12.2 Å². The smallest absolute Gasteiger partial charge is 0.306 e. The van der Waals surface area contributed by atoms with Gasteiger partial charge in [-0.2, -0.15) is 0 Å². The minimum Gasteiger partial charge on any atom is -0.462 e. The Kier molecular flexibility index (Phi) is 5.22. The van der Waals surface area contributed by atoms with Crippen molar-refractivity contribution in [2.75, 3.05) is 0 Å². The molecule has 0 radical (unpaired) electrons. The van der Waals surface area contributed by atoms with Crippen LogP contribution in [0.2, 0.25) is 0 Å². The minimum atomic E-state index is -0.481. The summed E-state index contributed by atoms with van der Waals surface area (Å²) in [5, 5.41) is 20.2. The molecule has 0 amide bonds. The molecule has 6 atom stereocenters. The molecule has 2 fully saturated rings. The molecule has 0 aromatic rings. The number of hydrogen-bond acceptors (Lipinski definition) is 4. The van der Waals surface area contributed by atoms with Crippen LogP contribution in [0.1, 0.15) is 46.0 Å². The summed E-state index contributed by atoms with van der Waals surface area (Å²) in [5.41, 5.74) is 0. The first kappa shape index (κ1) is 15.5. The molecule has 1 heterocycles. The normalized spacial score (nSPS) is 36.1. The van der Waals surface area contributed by atoms with E-state index in [-0.39, 0.29) is 29.8 Å². The molecular weight excluding hydrogens is 256 g/mol. The van der Waals surface area contributed by atoms with E-state index in [9.17, 15) is 15.0 Å². The van der Waals surface area contributed by atoms with Crippen LogP contribution < -0.4 is 0 Å². The van der Waals surface area contributed by atoms with Crippen molar-refractivity contribution in [2.24, 2.45) is 17.8 Å². The van der Waals surface area contributed by atoms with Crippen molar-refractivity contribution in [1.82, 2.24) is 0 Å². The van der Waals surface area contributed by atoms with Crippen LogP contribution in [-0.4, -0.2) is 34.5 Å². The quantitative estimate of drug-likeness (QED) is 0.578. The van der Waals surface area contributed by atoms with Gasteiger partial charge in [0.15, 0.2) is 0 Å². The lowest BCUT2D eigenvalue weighted by molar-refractivity contribution is -0.141. The molecule has 1 aliphatic carbocycles. The summed E-state index contributed by atoms with van der Waals surface area (Å²) in [6, 6.07) is 0. The third kappa shape index (κ3) is 3.41. The van der Waals surface area contributed by atoms with Gasteiger partial charge in [-0.05, 0) is 12.3 Å². The second-order valence-electron chi connectivity index (χ2n) is 6.27. The van der Waals surface area contributed by atoms with Gasteiger partial charge in [0.05, 0.1) is 18.6 Å². The lowest BCUT2D eigenvalue weighted by Gasteiger charge is -2.18. The molecule has 1 aliphatic heterocycles. The predicted octanol–water partition coefficient (Wildman–Crippen LogP) is 2.04. The largest absolute Gasteiger partial charge is 0.462 e. The van der Waals surface area contributed by atoms with Gasteiger partial charge in [0.2, 0.25) is 0 Å². The van der Waals surface area contributed by atoms with Crippen molar-refractivity contribution < 1.29 is 19.7 Å². The standard InChI is InChI=1S/C16H26O4/c1-3-4-5-10(2)13(17)7-6-11-12-8-16(19)20-15(12)9-14(11)18/h6-7,10-15,17-18H,3-5,8-9H2,1-2H3/t10-,11+,12+,13+,14+,15-/m0/s1. The zero-order valence-electron chi connectivity index (χ0n) is 12.4. The Labute approximate surface area is 120 Å². The van der Waals surface area contributed by atoms with E-state index in [2.05, 4.69) is 6.92 Å². The van der Waals surface area contributed by atoms with Crippen molar-refractivity contribution in [3.63, 3.8) is 0 Å². The van der Waals surface area contributed by atoms with E-state index in [1.165, 1.54) is 0 Å². The van der Waals surface area contributed by atoms with Crippen LogP contribution in [0.4, 0.5) is 0 Å². The summed E-state index contributed by atoms with van der Waals surface area (Å²) in [6.45, 7) is 4.18. The van der Waals surface area contributed by atoms with Crippen LogP contribution in [0, 0.1) is 17.8 Å². The van der Waals surface area contributed by atoms with Crippen molar-refractivity contribution in [3.8, 4) is 0 Å². The summed E-state index contributed by atoms with van der Waals surface area (Å²) in [5.74, 6) is 0.0653. The number of ether oxygens (including phenoxy) is 1. The van der Waals surface area contributed by atoms with Crippen LogP contribution in [0.5, 0.6) is 0 Å². The minimum absolute atomic E-state index is 0.0699. The van der Waals surface area contributed by atoms with E-state index in [4.69, 9.17) is 4.74 Å². The Hall–Kier alpha value is -0.870. The van der Waals surface area contributed by atoms with Crippen LogP contribution in [0.15, 0.2) is 12.2 Å². The molecule has 114 valence electrons.